The standard InChI is InChI=1S/C24H22N2O3/c1-2-29-24(28)16-11-19-18-9-6-10-21-22(18)17(12-20(19)25-13-16)14-26(21)23(27)15-7-4-3-5-8-15/h3-11,16-17H,2,12-14H2,1H3/t16-,17?/m1/s1. The minimum Gasteiger partial charge on any atom is -0.465 e. The summed E-state index contributed by atoms with van der Waals surface area (Å²) in [7, 11) is 0. The summed E-state index contributed by atoms with van der Waals surface area (Å²) < 4.78 is 5.20. The molecule has 29 heavy (non-hydrogen) atoms. The van der Waals surface area contributed by atoms with Crippen molar-refractivity contribution in [2.24, 2.45) is 10.9 Å². The number of hydrogen-bond acceptors (Lipinski definition) is 4. The zero-order chi connectivity index (χ0) is 20.0. The predicted octanol–water partition coefficient (Wildman–Crippen LogP) is 3.85. The maximum atomic E-state index is 13.2. The van der Waals surface area contributed by atoms with Gasteiger partial charge in [0.1, 0.15) is 0 Å². The lowest BCUT2D eigenvalue weighted by atomic mass is 9.77. The molecule has 3 aliphatic rings. The van der Waals surface area contributed by atoms with Gasteiger partial charge in [-0.3, -0.25) is 14.6 Å². The molecule has 0 saturated heterocycles. The van der Waals surface area contributed by atoms with E-state index in [1.54, 1.807) is 0 Å². The van der Waals surface area contributed by atoms with Crippen molar-refractivity contribution < 1.29 is 14.3 Å². The molecule has 0 saturated carbocycles. The Labute approximate surface area is 169 Å². The molecule has 2 aliphatic heterocycles. The van der Waals surface area contributed by atoms with E-state index in [2.05, 4.69) is 6.07 Å². The Balaban J connectivity index is 1.54. The highest BCUT2D eigenvalue weighted by Crippen LogP contribution is 2.48. The number of amides is 1. The minimum atomic E-state index is -0.343. The van der Waals surface area contributed by atoms with E-state index in [0.717, 1.165) is 29.0 Å². The molecule has 2 heterocycles. The van der Waals surface area contributed by atoms with E-state index in [1.165, 1.54) is 5.56 Å². The van der Waals surface area contributed by atoms with E-state index in [1.807, 2.05) is 60.4 Å². The van der Waals surface area contributed by atoms with Gasteiger partial charge in [-0.25, -0.2) is 0 Å². The van der Waals surface area contributed by atoms with Gasteiger partial charge in [-0.05, 0) is 42.7 Å². The first-order valence-corrected chi connectivity index (χ1v) is 10.1. The first-order chi connectivity index (χ1) is 14.2. The van der Waals surface area contributed by atoms with E-state index >= 15 is 0 Å². The van der Waals surface area contributed by atoms with Crippen LogP contribution >= 0.6 is 0 Å². The van der Waals surface area contributed by atoms with Crippen molar-refractivity contribution in [3.8, 4) is 0 Å². The van der Waals surface area contributed by atoms with E-state index in [9.17, 15) is 9.59 Å². The van der Waals surface area contributed by atoms with Crippen LogP contribution in [0.3, 0.4) is 0 Å². The van der Waals surface area contributed by atoms with Crippen LogP contribution < -0.4 is 4.90 Å². The molecule has 0 bridgehead atoms. The summed E-state index contributed by atoms with van der Waals surface area (Å²) in [5.74, 6) is -0.302. The van der Waals surface area contributed by atoms with E-state index in [4.69, 9.17) is 9.73 Å². The number of aliphatic imine (C=N–C) groups is 1. The third-order valence-electron chi connectivity index (χ3n) is 5.93. The number of esters is 1. The fraction of sp³-hybridized carbons (Fsp3) is 0.292. The average molecular weight is 386 g/mol. The predicted molar refractivity (Wildman–Crippen MR) is 112 cm³/mol. The van der Waals surface area contributed by atoms with Gasteiger partial charge >= 0.3 is 5.97 Å². The molecule has 0 fully saturated rings. The van der Waals surface area contributed by atoms with Crippen molar-refractivity contribution in [3.63, 3.8) is 0 Å². The zero-order valence-electron chi connectivity index (χ0n) is 16.3. The number of ether oxygens (including phenoxy) is 1. The molecule has 0 radical (unpaired) electrons. The second-order valence-electron chi connectivity index (χ2n) is 7.65. The summed E-state index contributed by atoms with van der Waals surface area (Å²) in [6.45, 7) is 3.28. The lowest BCUT2D eigenvalue weighted by Crippen LogP contribution is -2.31. The highest BCUT2D eigenvalue weighted by molar-refractivity contribution is 6.27. The molecule has 0 aromatic heterocycles. The van der Waals surface area contributed by atoms with Crippen LogP contribution in [-0.2, 0) is 9.53 Å². The zero-order valence-corrected chi connectivity index (χ0v) is 16.3. The van der Waals surface area contributed by atoms with Crippen LogP contribution in [0.4, 0.5) is 5.69 Å². The van der Waals surface area contributed by atoms with Gasteiger partial charge in [0.25, 0.3) is 5.91 Å². The van der Waals surface area contributed by atoms with Crippen LogP contribution in [-0.4, -0.2) is 37.3 Å². The topological polar surface area (TPSA) is 59.0 Å². The number of anilines is 1. The molecule has 1 amide bonds. The minimum absolute atomic E-state index is 0.0247. The molecular formula is C24H22N2O3. The summed E-state index contributed by atoms with van der Waals surface area (Å²) in [5, 5.41) is 0. The molecule has 2 atom stereocenters. The molecule has 2 aromatic carbocycles. The number of allylic oxidation sites excluding steroid dienone is 1. The number of carbonyl (C=O) groups is 2. The third-order valence-corrected chi connectivity index (χ3v) is 5.93. The van der Waals surface area contributed by atoms with Crippen LogP contribution in [0.25, 0.3) is 5.57 Å². The fourth-order valence-electron chi connectivity index (χ4n) is 4.65. The maximum Gasteiger partial charge on any atom is 0.314 e. The molecule has 1 unspecified atom stereocenters. The van der Waals surface area contributed by atoms with Crippen molar-refractivity contribution in [2.75, 3.05) is 24.6 Å². The molecule has 1 aliphatic carbocycles. The van der Waals surface area contributed by atoms with Crippen molar-refractivity contribution in [2.45, 2.75) is 19.3 Å². The summed E-state index contributed by atoms with van der Waals surface area (Å²) in [5.41, 5.74) is 6.02. The molecule has 2 aromatic rings. The first-order valence-electron chi connectivity index (χ1n) is 10.1. The van der Waals surface area contributed by atoms with Crippen LogP contribution in [0.2, 0.25) is 0 Å². The van der Waals surface area contributed by atoms with Crippen LogP contribution in [0, 0.1) is 5.92 Å². The Morgan fingerprint density at radius 2 is 1.97 bits per heavy atom. The van der Waals surface area contributed by atoms with Crippen LogP contribution in [0.1, 0.15) is 40.7 Å². The average Bonchev–Trinajstić information content (AvgIpc) is 3.13. The van der Waals surface area contributed by atoms with Crippen LogP contribution in [0.15, 0.2) is 59.6 Å². The Hall–Kier alpha value is -3.21. The summed E-state index contributed by atoms with van der Waals surface area (Å²) in [6, 6.07) is 15.5. The van der Waals surface area contributed by atoms with Crippen molar-refractivity contribution in [3.05, 3.63) is 71.3 Å². The Bertz CT molecular complexity index is 1060. The molecule has 5 rings (SSSR count). The van der Waals surface area contributed by atoms with Crippen molar-refractivity contribution in [1.82, 2.24) is 0 Å². The van der Waals surface area contributed by atoms with Gasteiger partial charge in [-0.15, -0.1) is 0 Å². The van der Waals surface area contributed by atoms with Gasteiger partial charge in [-0.1, -0.05) is 36.4 Å². The Morgan fingerprint density at radius 3 is 2.76 bits per heavy atom. The second-order valence-corrected chi connectivity index (χ2v) is 7.65. The molecule has 5 nitrogen and oxygen atoms in total. The number of fused-ring (bicyclic) bond motifs is 2. The number of hydrogen-bond donors (Lipinski definition) is 0. The van der Waals surface area contributed by atoms with Gasteiger partial charge < -0.3 is 9.64 Å². The quantitative estimate of drug-likeness (QED) is 0.753. The number of dihydropyridines is 1. The highest BCUT2D eigenvalue weighted by Gasteiger charge is 2.40. The van der Waals surface area contributed by atoms with E-state index in [-0.39, 0.29) is 23.7 Å². The number of rotatable bonds is 3. The largest absolute Gasteiger partial charge is 0.465 e. The van der Waals surface area contributed by atoms with Crippen LogP contribution in [0.5, 0.6) is 0 Å². The smallest absolute Gasteiger partial charge is 0.314 e. The number of carbonyl (C=O) groups excluding carboxylic acids is 2. The first kappa shape index (κ1) is 17.9. The summed E-state index contributed by atoms with van der Waals surface area (Å²) >= 11 is 0. The highest BCUT2D eigenvalue weighted by atomic mass is 16.5. The van der Waals surface area contributed by atoms with Gasteiger partial charge in [0, 0.05) is 35.0 Å². The normalized spacial score (nSPS) is 21.6. The Kier molecular flexibility index (Phi) is 4.31. The van der Waals surface area contributed by atoms with Crippen molar-refractivity contribution in [1.29, 1.82) is 0 Å². The van der Waals surface area contributed by atoms with E-state index < -0.39 is 0 Å². The summed E-state index contributed by atoms with van der Waals surface area (Å²) in [6.07, 6.45) is 2.80. The second kappa shape index (κ2) is 6.99. The van der Waals surface area contributed by atoms with Gasteiger partial charge in [0.15, 0.2) is 0 Å². The molecular weight excluding hydrogens is 364 g/mol. The molecule has 5 heteroatoms. The lowest BCUT2D eigenvalue weighted by molar-refractivity contribution is -0.145. The molecule has 0 N–H and O–H groups in total. The van der Waals surface area contributed by atoms with Gasteiger partial charge in [0.2, 0.25) is 0 Å². The lowest BCUT2D eigenvalue weighted by Gasteiger charge is -2.28. The number of nitrogens with zero attached hydrogens (tertiary/aromatic N) is 2. The van der Waals surface area contributed by atoms with Gasteiger partial charge in [0.05, 0.1) is 19.1 Å². The molecule has 0 spiro atoms. The third kappa shape index (κ3) is 2.89. The fourth-order valence-corrected chi connectivity index (χ4v) is 4.65. The summed E-state index contributed by atoms with van der Waals surface area (Å²) in [4.78, 5) is 32.0. The number of benzene rings is 2. The van der Waals surface area contributed by atoms with E-state index in [0.29, 0.717) is 25.3 Å². The maximum absolute atomic E-state index is 13.2. The van der Waals surface area contributed by atoms with Gasteiger partial charge in [-0.2, -0.15) is 0 Å². The Morgan fingerprint density at radius 1 is 1.14 bits per heavy atom. The monoisotopic (exact) mass is 386 g/mol. The SMILES string of the molecule is CCOC(=O)[C@@H]1C=C2C(=NC1)CC1CN(C(=O)c3ccccc3)c3cccc2c31. The van der Waals surface area contributed by atoms with Crippen molar-refractivity contribution >= 4 is 28.8 Å². The molecule has 146 valence electrons.